The maximum absolute atomic E-state index is 12.6. The van der Waals surface area contributed by atoms with Crippen LogP contribution in [0.1, 0.15) is 56.9 Å². The first-order chi connectivity index (χ1) is 13.8. The summed E-state index contributed by atoms with van der Waals surface area (Å²) in [6.45, 7) is 4.40. The van der Waals surface area contributed by atoms with Gasteiger partial charge in [-0.25, -0.2) is 0 Å². The van der Waals surface area contributed by atoms with Crippen molar-refractivity contribution in [1.82, 2.24) is 4.90 Å². The second-order valence-electron chi connectivity index (χ2n) is 7.43. The molecule has 2 aromatic rings. The minimum Gasteiger partial charge on any atom is -0.481 e. The number of fused-ring (bicyclic) bond motifs is 1. The summed E-state index contributed by atoms with van der Waals surface area (Å²) < 4.78 is 0. The molecule has 0 fully saturated rings. The number of nitrogens with zero attached hydrogens (tertiary/aromatic N) is 1. The van der Waals surface area contributed by atoms with Gasteiger partial charge in [0.15, 0.2) is 0 Å². The van der Waals surface area contributed by atoms with Gasteiger partial charge >= 0.3 is 5.97 Å². The summed E-state index contributed by atoms with van der Waals surface area (Å²) in [4.78, 5) is 49.6. The second kappa shape index (κ2) is 8.26. The van der Waals surface area contributed by atoms with Gasteiger partial charge in [-0.3, -0.25) is 24.1 Å². The van der Waals surface area contributed by atoms with Crippen molar-refractivity contribution in [3.05, 3.63) is 64.7 Å². The molecule has 1 aliphatic heterocycles. The monoisotopic (exact) mass is 394 g/mol. The van der Waals surface area contributed by atoms with E-state index in [1.807, 2.05) is 13.8 Å². The summed E-state index contributed by atoms with van der Waals surface area (Å²) in [6.07, 6.45) is 0.624. The Labute approximate surface area is 168 Å². The predicted octanol–water partition coefficient (Wildman–Crippen LogP) is 3.21. The second-order valence-corrected chi connectivity index (χ2v) is 7.43. The number of carboxylic acid groups (broad SMARTS) is 1. The number of carbonyl (C=O) groups is 4. The molecule has 0 aromatic heterocycles. The Hall–Kier alpha value is -3.48. The molecule has 150 valence electrons. The molecule has 0 saturated heterocycles. The molecular formula is C22H22N2O5. The lowest BCUT2D eigenvalue weighted by atomic mass is 10.1. The Bertz CT molecular complexity index is 979. The van der Waals surface area contributed by atoms with Crippen molar-refractivity contribution in [3.8, 4) is 0 Å². The van der Waals surface area contributed by atoms with E-state index in [1.54, 1.807) is 24.3 Å². The molecule has 0 unspecified atom stereocenters. The van der Waals surface area contributed by atoms with Gasteiger partial charge in [-0.15, -0.1) is 0 Å². The summed E-state index contributed by atoms with van der Waals surface area (Å²) in [7, 11) is 0. The number of nitrogens with one attached hydrogen (secondary N) is 1. The van der Waals surface area contributed by atoms with Gasteiger partial charge in [0.25, 0.3) is 17.7 Å². The normalized spacial score (nSPS) is 13.0. The van der Waals surface area contributed by atoms with Gasteiger partial charge in [0.2, 0.25) is 0 Å². The molecule has 2 aromatic carbocycles. The lowest BCUT2D eigenvalue weighted by Gasteiger charge is -2.14. The van der Waals surface area contributed by atoms with Crippen LogP contribution >= 0.6 is 0 Å². The molecule has 3 amide bonds. The van der Waals surface area contributed by atoms with Crippen LogP contribution in [0.5, 0.6) is 0 Å². The van der Waals surface area contributed by atoms with Crippen molar-refractivity contribution in [1.29, 1.82) is 0 Å². The third-order valence-corrected chi connectivity index (χ3v) is 4.73. The summed E-state index contributed by atoms with van der Waals surface area (Å²) in [6, 6.07) is 11.0. The van der Waals surface area contributed by atoms with Crippen LogP contribution in [0.3, 0.4) is 0 Å². The van der Waals surface area contributed by atoms with Crippen LogP contribution in [0.15, 0.2) is 42.5 Å². The van der Waals surface area contributed by atoms with Crippen LogP contribution in [-0.4, -0.2) is 40.2 Å². The van der Waals surface area contributed by atoms with Crippen molar-refractivity contribution in [2.24, 2.45) is 5.92 Å². The van der Waals surface area contributed by atoms with E-state index in [1.165, 1.54) is 23.1 Å². The number of carbonyl (C=O) groups excluding carboxylic acids is 3. The highest BCUT2D eigenvalue weighted by Crippen LogP contribution is 2.25. The smallest absolute Gasteiger partial charge is 0.307 e. The lowest BCUT2D eigenvalue weighted by Crippen LogP contribution is -2.31. The molecule has 0 bridgehead atoms. The highest BCUT2D eigenvalue weighted by atomic mass is 16.4. The van der Waals surface area contributed by atoms with Crippen molar-refractivity contribution in [3.63, 3.8) is 0 Å². The molecule has 0 saturated carbocycles. The third-order valence-electron chi connectivity index (χ3n) is 4.73. The van der Waals surface area contributed by atoms with E-state index < -0.39 is 11.9 Å². The van der Waals surface area contributed by atoms with Crippen molar-refractivity contribution in [2.75, 3.05) is 11.9 Å². The first kappa shape index (κ1) is 20.3. The molecule has 0 atom stereocenters. The van der Waals surface area contributed by atoms with Gasteiger partial charge in [-0.1, -0.05) is 26.0 Å². The van der Waals surface area contributed by atoms with Gasteiger partial charge in [0.05, 0.1) is 17.5 Å². The van der Waals surface area contributed by atoms with Crippen LogP contribution in [0.25, 0.3) is 0 Å². The van der Waals surface area contributed by atoms with Crippen molar-refractivity contribution < 1.29 is 24.3 Å². The van der Waals surface area contributed by atoms with E-state index in [-0.39, 0.29) is 29.4 Å². The lowest BCUT2D eigenvalue weighted by molar-refractivity contribution is -0.136. The van der Waals surface area contributed by atoms with E-state index in [0.717, 1.165) is 6.42 Å². The third kappa shape index (κ3) is 4.51. The number of imide groups is 1. The highest BCUT2D eigenvalue weighted by Gasteiger charge is 2.35. The standard InChI is InChI=1S/C22H22N2O5/c1-13(2)9-10-24-21(28)17-8-5-15(12-18(17)22(24)29)20(27)23-16-6-3-14(4-7-16)11-19(25)26/h3-8,12-13H,9-11H2,1-2H3,(H,23,27)(H,25,26). The first-order valence-electron chi connectivity index (χ1n) is 9.38. The zero-order chi connectivity index (χ0) is 21.1. The maximum atomic E-state index is 12.6. The number of hydrogen-bond acceptors (Lipinski definition) is 4. The van der Waals surface area contributed by atoms with Crippen LogP contribution in [0.2, 0.25) is 0 Å². The van der Waals surface area contributed by atoms with Gasteiger partial charge in [0, 0.05) is 17.8 Å². The molecule has 0 spiro atoms. The zero-order valence-electron chi connectivity index (χ0n) is 16.3. The molecule has 7 nitrogen and oxygen atoms in total. The summed E-state index contributed by atoms with van der Waals surface area (Å²) in [5, 5.41) is 11.5. The molecule has 1 aliphatic rings. The predicted molar refractivity (Wildman–Crippen MR) is 107 cm³/mol. The van der Waals surface area contributed by atoms with Crippen LogP contribution < -0.4 is 5.32 Å². The zero-order valence-corrected chi connectivity index (χ0v) is 16.3. The van der Waals surface area contributed by atoms with Gasteiger partial charge in [0.1, 0.15) is 0 Å². The number of hydrogen-bond donors (Lipinski definition) is 2. The first-order valence-corrected chi connectivity index (χ1v) is 9.38. The van der Waals surface area contributed by atoms with Crippen LogP contribution in [0, 0.1) is 5.92 Å². The Kier molecular flexibility index (Phi) is 5.77. The van der Waals surface area contributed by atoms with Gasteiger partial charge in [-0.05, 0) is 48.2 Å². The number of benzene rings is 2. The van der Waals surface area contributed by atoms with E-state index in [0.29, 0.717) is 29.3 Å². The Morgan fingerprint density at radius 2 is 1.66 bits per heavy atom. The van der Waals surface area contributed by atoms with E-state index in [2.05, 4.69) is 5.32 Å². The molecular weight excluding hydrogens is 372 g/mol. The average Bonchev–Trinajstić information content (AvgIpc) is 2.91. The Balaban J connectivity index is 1.73. The van der Waals surface area contributed by atoms with Crippen LogP contribution in [-0.2, 0) is 11.2 Å². The Morgan fingerprint density at radius 3 is 2.28 bits per heavy atom. The fourth-order valence-corrected chi connectivity index (χ4v) is 3.11. The van der Waals surface area contributed by atoms with E-state index in [9.17, 15) is 19.2 Å². The van der Waals surface area contributed by atoms with Gasteiger partial charge < -0.3 is 10.4 Å². The molecule has 7 heteroatoms. The molecule has 29 heavy (non-hydrogen) atoms. The summed E-state index contributed by atoms with van der Waals surface area (Å²) in [5.74, 6) is -1.69. The van der Waals surface area contributed by atoms with Gasteiger partial charge in [-0.2, -0.15) is 0 Å². The summed E-state index contributed by atoms with van der Waals surface area (Å²) >= 11 is 0. The number of anilines is 1. The SMILES string of the molecule is CC(C)CCN1C(=O)c2ccc(C(=O)Nc3ccc(CC(=O)O)cc3)cc2C1=O. The van der Waals surface area contributed by atoms with E-state index >= 15 is 0 Å². The minimum absolute atomic E-state index is 0.0947. The molecule has 3 rings (SSSR count). The number of amides is 3. The summed E-state index contributed by atoms with van der Waals surface area (Å²) in [5.41, 5.74) is 1.95. The number of aliphatic carboxylic acids is 1. The van der Waals surface area contributed by atoms with Crippen molar-refractivity contribution >= 4 is 29.4 Å². The molecule has 1 heterocycles. The van der Waals surface area contributed by atoms with Crippen molar-refractivity contribution in [2.45, 2.75) is 26.7 Å². The largest absolute Gasteiger partial charge is 0.481 e. The Morgan fingerprint density at radius 1 is 1.00 bits per heavy atom. The topological polar surface area (TPSA) is 104 Å². The highest BCUT2D eigenvalue weighted by molar-refractivity contribution is 6.22. The molecule has 2 N–H and O–H groups in total. The quantitative estimate of drug-likeness (QED) is 0.702. The number of rotatable bonds is 7. The fourth-order valence-electron chi connectivity index (χ4n) is 3.11. The van der Waals surface area contributed by atoms with E-state index in [4.69, 9.17) is 5.11 Å². The fraction of sp³-hybridized carbons (Fsp3) is 0.273. The number of carboxylic acids is 1. The van der Waals surface area contributed by atoms with Crippen LogP contribution in [0.4, 0.5) is 5.69 Å². The molecule has 0 aliphatic carbocycles. The minimum atomic E-state index is -0.929. The molecule has 0 radical (unpaired) electrons. The average molecular weight is 394 g/mol. The maximum Gasteiger partial charge on any atom is 0.307 e.